The van der Waals surface area contributed by atoms with Crippen molar-refractivity contribution in [2.75, 3.05) is 19.0 Å². The van der Waals surface area contributed by atoms with Crippen molar-refractivity contribution in [3.05, 3.63) is 28.8 Å². The molecule has 0 saturated carbocycles. The molecule has 0 unspecified atom stereocenters. The molecular weight excluding hydrogens is 268 g/mol. The number of rotatable bonds is 5. The fraction of sp³-hybridized carbons (Fsp3) is 0.385. The van der Waals surface area contributed by atoms with Crippen molar-refractivity contribution >= 4 is 29.3 Å². The largest absolute Gasteiger partial charge is 0.465 e. The van der Waals surface area contributed by atoms with Crippen molar-refractivity contribution in [3.8, 4) is 0 Å². The van der Waals surface area contributed by atoms with E-state index in [0.717, 1.165) is 12.8 Å². The molecule has 1 aromatic carbocycles. The van der Waals surface area contributed by atoms with Crippen LogP contribution in [0.25, 0.3) is 0 Å². The van der Waals surface area contributed by atoms with E-state index in [0.29, 0.717) is 17.3 Å². The summed E-state index contributed by atoms with van der Waals surface area (Å²) in [5.41, 5.74) is 0.589. The summed E-state index contributed by atoms with van der Waals surface area (Å²) in [5, 5.41) is 5.71. The maximum Gasteiger partial charge on any atom is 0.339 e. The zero-order chi connectivity index (χ0) is 14.3. The summed E-state index contributed by atoms with van der Waals surface area (Å²) in [7, 11) is 1.28. The average molecular weight is 285 g/mol. The van der Waals surface area contributed by atoms with Gasteiger partial charge in [0.05, 0.1) is 18.4 Å². The highest BCUT2D eigenvalue weighted by Crippen LogP contribution is 2.21. The number of methoxy groups -OCH3 is 1. The molecule has 0 heterocycles. The van der Waals surface area contributed by atoms with Crippen molar-refractivity contribution in [2.24, 2.45) is 0 Å². The maximum atomic E-state index is 11.6. The van der Waals surface area contributed by atoms with Crippen molar-refractivity contribution in [1.29, 1.82) is 0 Å². The predicted octanol–water partition coefficient (Wildman–Crippen LogP) is 3.05. The van der Waals surface area contributed by atoms with E-state index >= 15 is 0 Å². The lowest BCUT2D eigenvalue weighted by Crippen LogP contribution is -2.30. The van der Waals surface area contributed by atoms with Gasteiger partial charge in [-0.2, -0.15) is 0 Å². The monoisotopic (exact) mass is 284 g/mol. The van der Waals surface area contributed by atoms with Gasteiger partial charge in [-0.1, -0.05) is 24.9 Å². The lowest BCUT2D eigenvalue weighted by Gasteiger charge is -2.11. The number of benzene rings is 1. The minimum absolute atomic E-state index is 0.262. The fourth-order valence-electron chi connectivity index (χ4n) is 1.45. The first-order chi connectivity index (χ1) is 9.08. The Morgan fingerprint density at radius 2 is 2.11 bits per heavy atom. The van der Waals surface area contributed by atoms with Gasteiger partial charge in [0.2, 0.25) is 0 Å². The molecule has 5 nitrogen and oxygen atoms in total. The number of anilines is 1. The van der Waals surface area contributed by atoms with Gasteiger partial charge in [0.15, 0.2) is 0 Å². The molecule has 104 valence electrons. The van der Waals surface area contributed by atoms with E-state index in [2.05, 4.69) is 15.4 Å². The predicted molar refractivity (Wildman–Crippen MR) is 74.7 cm³/mol. The van der Waals surface area contributed by atoms with Gasteiger partial charge >= 0.3 is 12.0 Å². The third kappa shape index (κ3) is 4.79. The van der Waals surface area contributed by atoms with Crippen LogP contribution >= 0.6 is 11.6 Å². The van der Waals surface area contributed by atoms with Gasteiger partial charge < -0.3 is 15.4 Å². The Labute approximate surface area is 117 Å². The van der Waals surface area contributed by atoms with Crippen LogP contribution in [0.4, 0.5) is 10.5 Å². The van der Waals surface area contributed by atoms with Crippen molar-refractivity contribution in [2.45, 2.75) is 19.8 Å². The first-order valence-electron chi connectivity index (χ1n) is 6.01. The Bertz CT molecular complexity index is 463. The summed E-state index contributed by atoms with van der Waals surface area (Å²) < 4.78 is 4.64. The number of unbranched alkanes of at least 4 members (excludes halogenated alkanes) is 1. The molecule has 1 aromatic rings. The smallest absolute Gasteiger partial charge is 0.339 e. The molecule has 0 aromatic heterocycles. The molecule has 0 spiro atoms. The van der Waals surface area contributed by atoms with Crippen LogP contribution in [-0.2, 0) is 4.74 Å². The van der Waals surface area contributed by atoms with E-state index in [-0.39, 0.29) is 11.6 Å². The topological polar surface area (TPSA) is 67.4 Å². The van der Waals surface area contributed by atoms with E-state index < -0.39 is 5.97 Å². The molecule has 0 bridgehead atoms. The molecule has 0 aliphatic rings. The molecule has 0 fully saturated rings. The SMILES string of the molecule is CCCCNC(=O)Nc1cc(Cl)ccc1C(=O)OC. The Kier molecular flexibility index (Phi) is 6.15. The van der Waals surface area contributed by atoms with E-state index in [1.807, 2.05) is 6.92 Å². The number of amides is 2. The zero-order valence-electron chi connectivity index (χ0n) is 11.0. The second-order valence-electron chi connectivity index (χ2n) is 3.92. The van der Waals surface area contributed by atoms with Crippen LogP contribution in [0, 0.1) is 0 Å². The molecule has 1 rings (SSSR count). The van der Waals surface area contributed by atoms with Gasteiger partial charge in [-0.3, -0.25) is 0 Å². The molecule has 0 aliphatic heterocycles. The number of urea groups is 1. The number of halogens is 1. The number of esters is 1. The van der Waals surface area contributed by atoms with E-state index in [4.69, 9.17) is 11.6 Å². The van der Waals surface area contributed by atoms with Crippen LogP contribution < -0.4 is 10.6 Å². The van der Waals surface area contributed by atoms with Gasteiger partial charge in [0.25, 0.3) is 0 Å². The number of carbonyl (C=O) groups excluding carboxylic acids is 2. The van der Waals surface area contributed by atoms with Crippen molar-refractivity contribution in [1.82, 2.24) is 5.32 Å². The second-order valence-corrected chi connectivity index (χ2v) is 4.35. The lowest BCUT2D eigenvalue weighted by molar-refractivity contribution is 0.0602. The Hall–Kier alpha value is -1.75. The number of hydrogen-bond donors (Lipinski definition) is 2. The van der Waals surface area contributed by atoms with E-state index in [9.17, 15) is 9.59 Å². The summed E-state index contributed by atoms with van der Waals surface area (Å²) in [6.45, 7) is 2.61. The van der Waals surface area contributed by atoms with Gasteiger partial charge in [-0.25, -0.2) is 9.59 Å². The molecule has 19 heavy (non-hydrogen) atoms. The number of carbonyl (C=O) groups is 2. The van der Waals surface area contributed by atoms with Crippen LogP contribution in [0.2, 0.25) is 5.02 Å². The normalized spacial score (nSPS) is 9.84. The minimum Gasteiger partial charge on any atom is -0.465 e. The Morgan fingerprint density at radius 1 is 1.37 bits per heavy atom. The highest BCUT2D eigenvalue weighted by molar-refractivity contribution is 6.31. The number of ether oxygens (including phenoxy) is 1. The minimum atomic E-state index is -0.527. The molecule has 2 N–H and O–H groups in total. The highest BCUT2D eigenvalue weighted by Gasteiger charge is 2.14. The van der Waals surface area contributed by atoms with E-state index in [1.54, 1.807) is 6.07 Å². The van der Waals surface area contributed by atoms with Crippen LogP contribution in [0.1, 0.15) is 30.1 Å². The van der Waals surface area contributed by atoms with Crippen molar-refractivity contribution in [3.63, 3.8) is 0 Å². The number of hydrogen-bond acceptors (Lipinski definition) is 3. The molecule has 6 heteroatoms. The summed E-state index contributed by atoms with van der Waals surface area (Å²) in [6.07, 6.45) is 1.89. The van der Waals surface area contributed by atoms with Gasteiger partial charge in [0, 0.05) is 11.6 Å². The zero-order valence-corrected chi connectivity index (χ0v) is 11.7. The Morgan fingerprint density at radius 3 is 2.74 bits per heavy atom. The summed E-state index contributed by atoms with van der Waals surface area (Å²) in [4.78, 5) is 23.2. The highest BCUT2D eigenvalue weighted by atomic mass is 35.5. The van der Waals surface area contributed by atoms with E-state index in [1.165, 1.54) is 19.2 Å². The first kappa shape index (κ1) is 15.3. The van der Waals surface area contributed by atoms with Crippen molar-refractivity contribution < 1.29 is 14.3 Å². The second kappa shape index (κ2) is 7.63. The van der Waals surface area contributed by atoms with Crippen LogP contribution in [0.15, 0.2) is 18.2 Å². The fourth-order valence-corrected chi connectivity index (χ4v) is 1.63. The van der Waals surface area contributed by atoms with Crippen LogP contribution in [0.5, 0.6) is 0 Å². The first-order valence-corrected chi connectivity index (χ1v) is 6.39. The maximum absolute atomic E-state index is 11.6. The van der Waals surface area contributed by atoms with Crippen LogP contribution in [0.3, 0.4) is 0 Å². The molecular formula is C13H17ClN2O3. The average Bonchev–Trinajstić information content (AvgIpc) is 2.38. The quantitative estimate of drug-likeness (QED) is 0.645. The molecule has 0 atom stereocenters. The molecule has 2 amide bonds. The Balaban J connectivity index is 2.78. The van der Waals surface area contributed by atoms with Gasteiger partial charge in [-0.05, 0) is 24.6 Å². The third-order valence-corrected chi connectivity index (χ3v) is 2.69. The summed E-state index contributed by atoms with van der Waals surface area (Å²) in [6, 6.07) is 4.21. The standard InChI is InChI=1S/C13H17ClN2O3/c1-3-4-7-15-13(18)16-11-8-9(14)5-6-10(11)12(17)19-2/h5-6,8H,3-4,7H2,1-2H3,(H2,15,16,18). The van der Waals surface area contributed by atoms with Crippen LogP contribution in [-0.4, -0.2) is 25.7 Å². The number of nitrogens with one attached hydrogen (secondary N) is 2. The molecule has 0 aliphatic carbocycles. The third-order valence-electron chi connectivity index (χ3n) is 2.45. The molecule has 0 saturated heterocycles. The summed E-state index contributed by atoms with van der Waals surface area (Å²) >= 11 is 5.85. The van der Waals surface area contributed by atoms with Gasteiger partial charge in [-0.15, -0.1) is 0 Å². The lowest BCUT2D eigenvalue weighted by atomic mass is 10.2. The van der Waals surface area contributed by atoms with Gasteiger partial charge in [0.1, 0.15) is 0 Å². The molecule has 0 radical (unpaired) electrons. The summed E-state index contributed by atoms with van der Waals surface area (Å²) in [5.74, 6) is -0.527.